The highest BCUT2D eigenvalue weighted by Gasteiger charge is 2.27. The molecule has 0 bridgehead atoms. The molecule has 0 aliphatic carbocycles. The number of aromatic nitrogens is 1. The summed E-state index contributed by atoms with van der Waals surface area (Å²) in [7, 11) is 1.66. The molecule has 6 nitrogen and oxygen atoms in total. The lowest BCUT2D eigenvalue weighted by atomic mass is 10.2. The SMILES string of the molecule is COc1ccc(-c2nc(C(=O)N3CC[NH+](CC[NH+]4CCCC4)CC3)cs2)cc1. The lowest BCUT2D eigenvalue weighted by Crippen LogP contribution is -3.21. The van der Waals surface area contributed by atoms with Gasteiger partial charge in [-0.3, -0.25) is 4.79 Å². The zero-order valence-corrected chi connectivity index (χ0v) is 17.4. The molecule has 7 heteroatoms. The van der Waals surface area contributed by atoms with Gasteiger partial charge in [0.2, 0.25) is 0 Å². The molecule has 2 fully saturated rings. The molecule has 0 unspecified atom stereocenters. The van der Waals surface area contributed by atoms with Gasteiger partial charge in [0.1, 0.15) is 29.5 Å². The van der Waals surface area contributed by atoms with Gasteiger partial charge in [0.05, 0.1) is 46.4 Å². The highest BCUT2D eigenvalue weighted by Crippen LogP contribution is 2.26. The number of hydrogen-bond acceptors (Lipinski definition) is 4. The van der Waals surface area contributed by atoms with E-state index in [1.807, 2.05) is 34.5 Å². The lowest BCUT2D eigenvalue weighted by Gasteiger charge is -2.32. The first-order valence-electron chi connectivity index (χ1n) is 10.3. The van der Waals surface area contributed by atoms with Crippen LogP contribution in [-0.2, 0) is 0 Å². The van der Waals surface area contributed by atoms with E-state index in [0.29, 0.717) is 5.69 Å². The second-order valence-corrected chi connectivity index (χ2v) is 8.62. The molecule has 2 N–H and O–H groups in total. The standard InChI is InChI=1S/C21H28N4O2S/c1-27-18-6-4-17(5-7-18)20-22-19(16-28-20)21(26)25-14-12-24(13-15-25)11-10-23-8-2-3-9-23/h4-7,16H,2-3,8-15H2,1H3/p+2. The summed E-state index contributed by atoms with van der Waals surface area (Å²) >= 11 is 1.52. The van der Waals surface area contributed by atoms with E-state index in [1.165, 1.54) is 50.4 Å². The number of nitrogens with one attached hydrogen (secondary N) is 2. The van der Waals surface area contributed by atoms with Gasteiger partial charge in [-0.15, -0.1) is 11.3 Å². The monoisotopic (exact) mass is 402 g/mol. The summed E-state index contributed by atoms with van der Waals surface area (Å²) in [5, 5.41) is 2.77. The molecule has 4 rings (SSSR count). The number of thiazole rings is 1. The number of nitrogens with zero attached hydrogens (tertiary/aromatic N) is 2. The van der Waals surface area contributed by atoms with E-state index >= 15 is 0 Å². The van der Waals surface area contributed by atoms with Crippen molar-refractivity contribution in [1.29, 1.82) is 0 Å². The molecule has 1 aromatic heterocycles. The molecule has 0 atom stereocenters. The van der Waals surface area contributed by atoms with Crippen LogP contribution >= 0.6 is 11.3 Å². The molecule has 2 aromatic rings. The number of rotatable bonds is 6. The summed E-state index contributed by atoms with van der Waals surface area (Å²) in [6.07, 6.45) is 2.78. The van der Waals surface area contributed by atoms with Crippen molar-refractivity contribution in [2.24, 2.45) is 0 Å². The molecular formula is C21H30N4O2S+2. The highest BCUT2D eigenvalue weighted by atomic mass is 32.1. The van der Waals surface area contributed by atoms with Gasteiger partial charge < -0.3 is 19.4 Å². The third-order valence-electron chi connectivity index (χ3n) is 5.96. The van der Waals surface area contributed by atoms with E-state index in [1.54, 1.807) is 16.9 Å². The molecule has 150 valence electrons. The first kappa shape index (κ1) is 19.4. The van der Waals surface area contributed by atoms with Gasteiger partial charge in [0.15, 0.2) is 0 Å². The molecule has 0 spiro atoms. The van der Waals surface area contributed by atoms with Crippen molar-refractivity contribution in [3.8, 4) is 16.3 Å². The summed E-state index contributed by atoms with van der Waals surface area (Å²) in [6, 6.07) is 7.81. The minimum Gasteiger partial charge on any atom is -0.497 e. The van der Waals surface area contributed by atoms with Gasteiger partial charge in [-0.25, -0.2) is 4.98 Å². The van der Waals surface area contributed by atoms with E-state index in [-0.39, 0.29) is 5.91 Å². The van der Waals surface area contributed by atoms with Crippen LogP contribution in [0.3, 0.4) is 0 Å². The number of methoxy groups -OCH3 is 1. The fourth-order valence-electron chi connectivity index (χ4n) is 4.15. The number of benzene rings is 1. The van der Waals surface area contributed by atoms with Crippen LogP contribution in [0, 0.1) is 0 Å². The maximum absolute atomic E-state index is 12.9. The third-order valence-corrected chi connectivity index (χ3v) is 6.85. The molecule has 1 aromatic carbocycles. The van der Waals surface area contributed by atoms with Crippen molar-refractivity contribution >= 4 is 17.2 Å². The fraction of sp³-hybridized carbons (Fsp3) is 0.524. The Kier molecular flexibility index (Phi) is 6.24. The number of piperazine rings is 1. The topological polar surface area (TPSA) is 51.3 Å². The summed E-state index contributed by atoms with van der Waals surface area (Å²) in [5.41, 5.74) is 1.59. The molecule has 3 heterocycles. The maximum atomic E-state index is 12.9. The van der Waals surface area contributed by atoms with Gasteiger partial charge in [-0.2, -0.15) is 0 Å². The van der Waals surface area contributed by atoms with Crippen LogP contribution in [0.2, 0.25) is 0 Å². The van der Waals surface area contributed by atoms with Gasteiger partial charge in [-0.1, -0.05) is 0 Å². The van der Waals surface area contributed by atoms with Crippen molar-refractivity contribution in [2.75, 3.05) is 59.5 Å². The summed E-state index contributed by atoms with van der Waals surface area (Å²) in [4.78, 5) is 22.8. The average Bonchev–Trinajstić information content (AvgIpc) is 3.44. The minimum absolute atomic E-state index is 0.0697. The van der Waals surface area contributed by atoms with Crippen LogP contribution < -0.4 is 14.5 Å². The van der Waals surface area contributed by atoms with Crippen molar-refractivity contribution in [3.63, 3.8) is 0 Å². The van der Waals surface area contributed by atoms with Crippen molar-refractivity contribution in [3.05, 3.63) is 35.3 Å². The maximum Gasteiger partial charge on any atom is 0.273 e. The van der Waals surface area contributed by atoms with Crippen LogP contribution in [-0.4, -0.2) is 75.3 Å². The van der Waals surface area contributed by atoms with Gasteiger partial charge in [-0.05, 0) is 24.3 Å². The Morgan fingerprint density at radius 1 is 1.07 bits per heavy atom. The predicted molar refractivity (Wildman–Crippen MR) is 110 cm³/mol. The fourth-order valence-corrected chi connectivity index (χ4v) is 4.95. The van der Waals surface area contributed by atoms with Crippen molar-refractivity contribution in [2.45, 2.75) is 12.8 Å². The van der Waals surface area contributed by atoms with E-state index in [9.17, 15) is 4.79 Å². The summed E-state index contributed by atoms with van der Waals surface area (Å²) < 4.78 is 5.20. The first-order valence-corrected chi connectivity index (χ1v) is 11.2. The molecule has 2 aliphatic rings. The average molecular weight is 403 g/mol. The smallest absolute Gasteiger partial charge is 0.273 e. The van der Waals surface area contributed by atoms with Crippen LogP contribution in [0.15, 0.2) is 29.6 Å². The highest BCUT2D eigenvalue weighted by molar-refractivity contribution is 7.13. The largest absolute Gasteiger partial charge is 0.497 e. The minimum atomic E-state index is 0.0697. The number of carbonyl (C=O) groups excluding carboxylic acids is 1. The predicted octanol–water partition coefficient (Wildman–Crippen LogP) is -0.162. The molecule has 1 amide bonds. The molecule has 0 radical (unpaired) electrons. The van der Waals surface area contributed by atoms with Crippen molar-refractivity contribution in [1.82, 2.24) is 9.88 Å². The first-order chi connectivity index (χ1) is 13.7. The second kappa shape index (κ2) is 9.03. The lowest BCUT2D eigenvalue weighted by molar-refractivity contribution is -0.954. The van der Waals surface area contributed by atoms with E-state index < -0.39 is 0 Å². The van der Waals surface area contributed by atoms with Gasteiger partial charge >= 0.3 is 0 Å². The van der Waals surface area contributed by atoms with E-state index in [2.05, 4.69) is 4.98 Å². The molecular weight excluding hydrogens is 372 g/mol. The number of amides is 1. The Balaban J connectivity index is 1.29. The molecule has 0 saturated carbocycles. The number of ether oxygens (including phenoxy) is 1. The zero-order chi connectivity index (χ0) is 19.3. The Labute approximate surface area is 170 Å². The van der Waals surface area contributed by atoms with E-state index in [4.69, 9.17) is 4.74 Å². The quantitative estimate of drug-likeness (QED) is 0.706. The Hall–Kier alpha value is -1.96. The van der Waals surface area contributed by atoms with Crippen LogP contribution in [0.5, 0.6) is 5.75 Å². The third kappa shape index (κ3) is 4.54. The van der Waals surface area contributed by atoms with Crippen LogP contribution in [0.4, 0.5) is 0 Å². The summed E-state index contributed by atoms with van der Waals surface area (Å²) in [5.74, 6) is 0.892. The Morgan fingerprint density at radius 3 is 2.36 bits per heavy atom. The van der Waals surface area contributed by atoms with Crippen LogP contribution in [0.25, 0.3) is 10.6 Å². The molecule has 2 aliphatic heterocycles. The Morgan fingerprint density at radius 2 is 1.71 bits per heavy atom. The normalized spacial score (nSPS) is 18.5. The number of likely N-dealkylation sites (tertiary alicyclic amines) is 1. The Bertz CT molecular complexity index is 778. The van der Waals surface area contributed by atoms with Gasteiger partial charge in [0.25, 0.3) is 5.91 Å². The van der Waals surface area contributed by atoms with Crippen molar-refractivity contribution < 1.29 is 19.3 Å². The molecule has 2 saturated heterocycles. The summed E-state index contributed by atoms with van der Waals surface area (Å²) in [6.45, 7) is 8.97. The number of quaternary nitrogens is 2. The zero-order valence-electron chi connectivity index (χ0n) is 16.6. The molecule has 28 heavy (non-hydrogen) atoms. The number of carbonyl (C=O) groups is 1. The van der Waals surface area contributed by atoms with E-state index in [0.717, 1.165) is 42.5 Å². The second-order valence-electron chi connectivity index (χ2n) is 7.77. The van der Waals surface area contributed by atoms with Crippen LogP contribution in [0.1, 0.15) is 23.3 Å². The number of hydrogen-bond donors (Lipinski definition) is 2. The van der Waals surface area contributed by atoms with Gasteiger partial charge in [0, 0.05) is 23.8 Å².